The Morgan fingerprint density at radius 1 is 1.20 bits per heavy atom. The highest BCUT2D eigenvalue weighted by Gasteiger charge is 2.16. The van der Waals surface area contributed by atoms with E-state index in [4.69, 9.17) is 4.74 Å². The molecule has 4 heteroatoms. The van der Waals surface area contributed by atoms with Gasteiger partial charge in [0.15, 0.2) is 0 Å². The molecule has 2 heterocycles. The summed E-state index contributed by atoms with van der Waals surface area (Å²) in [5.41, 5.74) is 1.23. The lowest BCUT2D eigenvalue weighted by Crippen LogP contribution is -2.43. The van der Waals surface area contributed by atoms with E-state index in [1.165, 1.54) is 11.1 Å². The first-order chi connectivity index (χ1) is 9.75. The Labute approximate surface area is 119 Å². The lowest BCUT2D eigenvalue weighted by Gasteiger charge is -2.30. The van der Waals surface area contributed by atoms with Crippen LogP contribution in [-0.2, 0) is 0 Å². The van der Waals surface area contributed by atoms with E-state index >= 15 is 0 Å². The van der Waals surface area contributed by atoms with Crippen LogP contribution in [-0.4, -0.2) is 37.3 Å². The first kappa shape index (κ1) is 13.2. The quantitative estimate of drug-likeness (QED) is 0.930. The highest BCUT2D eigenvalue weighted by molar-refractivity contribution is 5.98. The average Bonchev–Trinajstić information content (AvgIpc) is 2.47. The Morgan fingerprint density at radius 3 is 2.75 bits per heavy atom. The van der Waals surface area contributed by atoms with Gasteiger partial charge in [-0.1, -0.05) is 12.1 Å². The topological polar surface area (TPSA) is 37.4 Å². The van der Waals surface area contributed by atoms with E-state index in [9.17, 15) is 0 Å². The van der Waals surface area contributed by atoms with E-state index in [1.807, 2.05) is 26.1 Å². The predicted octanol–water partition coefficient (Wildman–Crippen LogP) is 2.43. The summed E-state index contributed by atoms with van der Waals surface area (Å²) < 4.78 is 5.91. The summed E-state index contributed by atoms with van der Waals surface area (Å²) in [5.74, 6) is 0.742. The number of fused-ring (bicyclic) bond motifs is 1. The Bertz CT molecular complexity index is 586. The van der Waals surface area contributed by atoms with Crippen LogP contribution < -0.4 is 15.0 Å². The lowest BCUT2D eigenvalue weighted by molar-refractivity contribution is 0.236. The van der Waals surface area contributed by atoms with Crippen molar-refractivity contribution in [2.75, 3.05) is 31.1 Å². The number of benzene rings is 1. The molecule has 1 aliphatic rings. The molecule has 3 rings (SSSR count). The summed E-state index contributed by atoms with van der Waals surface area (Å²) in [4.78, 5) is 6.85. The van der Waals surface area contributed by atoms with E-state index in [1.54, 1.807) is 0 Å². The molecule has 1 aromatic heterocycles. The van der Waals surface area contributed by atoms with Crippen LogP contribution in [0.3, 0.4) is 0 Å². The third kappa shape index (κ3) is 2.56. The van der Waals surface area contributed by atoms with Gasteiger partial charge < -0.3 is 15.0 Å². The van der Waals surface area contributed by atoms with Crippen molar-refractivity contribution in [3.63, 3.8) is 0 Å². The number of piperazine rings is 1. The molecule has 0 atom stereocenters. The van der Waals surface area contributed by atoms with Gasteiger partial charge in [-0.2, -0.15) is 0 Å². The van der Waals surface area contributed by atoms with Crippen molar-refractivity contribution in [3.05, 3.63) is 30.5 Å². The van der Waals surface area contributed by atoms with E-state index in [0.29, 0.717) is 0 Å². The van der Waals surface area contributed by atoms with Crippen LogP contribution >= 0.6 is 0 Å². The molecule has 1 fully saturated rings. The minimum absolute atomic E-state index is 0.129. The molecule has 1 N–H and O–H groups in total. The number of nitrogens with one attached hydrogen (secondary N) is 1. The molecular weight excluding hydrogens is 250 g/mol. The van der Waals surface area contributed by atoms with Gasteiger partial charge in [0.2, 0.25) is 5.88 Å². The second-order valence-electron chi connectivity index (χ2n) is 5.40. The molecule has 20 heavy (non-hydrogen) atoms. The fourth-order valence-corrected chi connectivity index (χ4v) is 2.66. The number of nitrogens with zero attached hydrogens (tertiary/aromatic N) is 2. The van der Waals surface area contributed by atoms with Gasteiger partial charge in [-0.3, -0.25) is 0 Å². The molecular formula is C16H21N3O. The zero-order chi connectivity index (χ0) is 13.9. The summed E-state index contributed by atoms with van der Waals surface area (Å²) in [5, 5.41) is 5.71. The van der Waals surface area contributed by atoms with E-state index in [-0.39, 0.29) is 6.10 Å². The van der Waals surface area contributed by atoms with Crippen LogP contribution in [0.2, 0.25) is 0 Å². The Morgan fingerprint density at radius 2 is 2.00 bits per heavy atom. The van der Waals surface area contributed by atoms with Crippen molar-refractivity contribution in [2.45, 2.75) is 20.0 Å². The van der Waals surface area contributed by atoms with Crippen LogP contribution in [0.25, 0.3) is 10.8 Å². The minimum Gasteiger partial charge on any atom is -0.474 e. The molecule has 0 aliphatic carbocycles. The molecule has 1 aromatic carbocycles. The van der Waals surface area contributed by atoms with Crippen molar-refractivity contribution in [3.8, 4) is 5.88 Å². The van der Waals surface area contributed by atoms with Crippen molar-refractivity contribution in [1.29, 1.82) is 0 Å². The van der Waals surface area contributed by atoms with Crippen LogP contribution in [0.5, 0.6) is 5.88 Å². The second-order valence-corrected chi connectivity index (χ2v) is 5.40. The summed E-state index contributed by atoms with van der Waals surface area (Å²) in [7, 11) is 0. The molecule has 0 saturated carbocycles. The number of hydrogen-bond donors (Lipinski definition) is 1. The Balaban J connectivity index is 2.10. The van der Waals surface area contributed by atoms with Crippen LogP contribution in [0.15, 0.2) is 30.5 Å². The molecule has 1 aliphatic heterocycles. The number of hydrogen-bond acceptors (Lipinski definition) is 4. The van der Waals surface area contributed by atoms with Crippen LogP contribution in [0, 0.1) is 0 Å². The molecule has 0 spiro atoms. The van der Waals surface area contributed by atoms with Crippen molar-refractivity contribution in [1.82, 2.24) is 10.3 Å². The van der Waals surface area contributed by atoms with Gasteiger partial charge in [-0.05, 0) is 31.4 Å². The highest BCUT2D eigenvalue weighted by atomic mass is 16.5. The van der Waals surface area contributed by atoms with E-state index in [2.05, 4.69) is 33.4 Å². The zero-order valence-electron chi connectivity index (χ0n) is 12.1. The van der Waals surface area contributed by atoms with E-state index in [0.717, 1.165) is 37.4 Å². The monoisotopic (exact) mass is 271 g/mol. The number of aromatic nitrogens is 1. The average molecular weight is 271 g/mol. The molecule has 4 nitrogen and oxygen atoms in total. The summed E-state index contributed by atoms with van der Waals surface area (Å²) >= 11 is 0. The maximum atomic E-state index is 5.91. The van der Waals surface area contributed by atoms with Gasteiger partial charge in [-0.15, -0.1) is 0 Å². The van der Waals surface area contributed by atoms with Crippen LogP contribution in [0.4, 0.5) is 5.69 Å². The number of rotatable bonds is 3. The summed E-state index contributed by atoms with van der Waals surface area (Å²) in [6, 6.07) is 8.45. The van der Waals surface area contributed by atoms with Gasteiger partial charge in [-0.25, -0.2) is 4.98 Å². The third-order valence-corrected chi connectivity index (χ3v) is 3.54. The summed E-state index contributed by atoms with van der Waals surface area (Å²) in [6.07, 6.45) is 1.95. The maximum Gasteiger partial charge on any atom is 0.223 e. The fraction of sp³-hybridized carbons (Fsp3) is 0.438. The largest absolute Gasteiger partial charge is 0.474 e. The molecule has 0 amide bonds. The Hall–Kier alpha value is -1.81. The predicted molar refractivity (Wildman–Crippen MR) is 82.6 cm³/mol. The Kier molecular flexibility index (Phi) is 3.74. The van der Waals surface area contributed by atoms with Crippen LogP contribution in [0.1, 0.15) is 13.8 Å². The van der Waals surface area contributed by atoms with Gasteiger partial charge in [0.05, 0.1) is 17.2 Å². The SMILES string of the molecule is CC(C)Oc1nccc2cccc(N3CCNCC3)c12. The number of ether oxygens (including phenoxy) is 1. The number of anilines is 1. The van der Waals surface area contributed by atoms with Gasteiger partial charge in [0.1, 0.15) is 0 Å². The second kappa shape index (κ2) is 5.67. The molecule has 106 valence electrons. The molecule has 0 radical (unpaired) electrons. The van der Waals surface area contributed by atoms with E-state index < -0.39 is 0 Å². The maximum absolute atomic E-state index is 5.91. The third-order valence-electron chi connectivity index (χ3n) is 3.54. The summed E-state index contributed by atoms with van der Waals surface area (Å²) in [6.45, 7) is 8.17. The van der Waals surface area contributed by atoms with Crippen molar-refractivity contribution < 1.29 is 4.74 Å². The van der Waals surface area contributed by atoms with Crippen molar-refractivity contribution >= 4 is 16.5 Å². The lowest BCUT2D eigenvalue weighted by atomic mass is 10.1. The van der Waals surface area contributed by atoms with Gasteiger partial charge in [0, 0.05) is 32.4 Å². The molecule has 0 unspecified atom stereocenters. The first-order valence-corrected chi connectivity index (χ1v) is 7.26. The number of pyridine rings is 1. The fourth-order valence-electron chi connectivity index (χ4n) is 2.66. The minimum atomic E-state index is 0.129. The molecule has 1 saturated heterocycles. The van der Waals surface area contributed by atoms with Crippen molar-refractivity contribution in [2.24, 2.45) is 0 Å². The standard InChI is InChI=1S/C16H21N3O/c1-12(2)20-16-15-13(6-7-18-16)4-3-5-14(15)19-10-8-17-9-11-19/h3-7,12,17H,8-11H2,1-2H3. The zero-order valence-corrected chi connectivity index (χ0v) is 12.1. The molecule has 2 aromatic rings. The van der Waals surface area contributed by atoms with Gasteiger partial charge >= 0.3 is 0 Å². The highest BCUT2D eigenvalue weighted by Crippen LogP contribution is 2.33. The smallest absolute Gasteiger partial charge is 0.223 e. The normalized spacial score (nSPS) is 15.8. The first-order valence-electron chi connectivity index (χ1n) is 7.26. The van der Waals surface area contributed by atoms with Gasteiger partial charge in [0.25, 0.3) is 0 Å². The molecule has 0 bridgehead atoms.